The van der Waals surface area contributed by atoms with Crippen molar-refractivity contribution in [2.45, 2.75) is 77.0 Å². The number of cyclic esters (lactones) is 1. The van der Waals surface area contributed by atoms with Gasteiger partial charge in [0.1, 0.15) is 0 Å². The Bertz CT molecular complexity index is 171. The van der Waals surface area contributed by atoms with Crippen LogP contribution in [0.2, 0.25) is 0 Å². The van der Waals surface area contributed by atoms with Crippen LogP contribution in [0.3, 0.4) is 0 Å². The van der Waals surface area contributed by atoms with Gasteiger partial charge >= 0.3 is 5.97 Å². The normalized spacial score (nSPS) is 22.9. The molecule has 0 N–H and O–H groups in total. The molecule has 0 spiro atoms. The van der Waals surface area contributed by atoms with Crippen molar-refractivity contribution in [3.05, 3.63) is 6.42 Å². The van der Waals surface area contributed by atoms with Crippen LogP contribution in [0.4, 0.5) is 0 Å². The average molecular weight is 239 g/mol. The van der Waals surface area contributed by atoms with E-state index in [0.717, 1.165) is 19.3 Å². The summed E-state index contributed by atoms with van der Waals surface area (Å²) in [6.07, 6.45) is 16.7. The van der Waals surface area contributed by atoms with Crippen molar-refractivity contribution in [3.63, 3.8) is 0 Å². The highest BCUT2D eigenvalue weighted by molar-refractivity contribution is 5.78. The lowest BCUT2D eigenvalue weighted by molar-refractivity contribution is -0.139. The summed E-state index contributed by atoms with van der Waals surface area (Å²) in [6, 6.07) is 0. The smallest absolute Gasteiger partial charge is 0.309 e. The molecule has 0 aromatic carbocycles. The molecule has 0 aromatic heterocycles. The summed E-state index contributed by atoms with van der Waals surface area (Å²) in [6.45, 7) is 0.606. The Kier molecular flexibility index (Phi) is 9.07. The minimum Gasteiger partial charge on any atom is -0.465 e. The van der Waals surface area contributed by atoms with Crippen LogP contribution in [-0.4, -0.2) is 12.6 Å². The highest BCUT2D eigenvalue weighted by atomic mass is 16.5. The predicted octanol–water partition coefficient (Wildman–Crippen LogP) is 4.43. The molecule has 0 aliphatic carbocycles. The summed E-state index contributed by atoms with van der Waals surface area (Å²) in [7, 11) is 0. The number of ether oxygens (including phenoxy) is 1. The van der Waals surface area contributed by atoms with Gasteiger partial charge in [-0.3, -0.25) is 4.79 Å². The topological polar surface area (TPSA) is 26.3 Å². The maximum absolute atomic E-state index is 11.3. The molecule has 1 heterocycles. The molecule has 2 nitrogen and oxygen atoms in total. The van der Waals surface area contributed by atoms with Crippen LogP contribution >= 0.6 is 0 Å². The maximum Gasteiger partial charge on any atom is 0.309 e. The van der Waals surface area contributed by atoms with Gasteiger partial charge in [-0.05, 0) is 12.8 Å². The Hall–Kier alpha value is -0.530. The zero-order valence-corrected chi connectivity index (χ0v) is 11.1. The van der Waals surface area contributed by atoms with Crippen molar-refractivity contribution >= 4 is 5.97 Å². The Morgan fingerprint density at radius 3 is 1.76 bits per heavy atom. The first-order valence-electron chi connectivity index (χ1n) is 7.39. The summed E-state index contributed by atoms with van der Waals surface area (Å²) in [5.74, 6) is -0.114. The van der Waals surface area contributed by atoms with E-state index >= 15 is 0 Å². The first kappa shape index (κ1) is 14.5. The number of carbonyl (C=O) groups is 1. The van der Waals surface area contributed by atoms with E-state index in [1.165, 1.54) is 57.8 Å². The zero-order valence-electron chi connectivity index (χ0n) is 11.1. The van der Waals surface area contributed by atoms with Gasteiger partial charge in [0.05, 0.1) is 13.0 Å². The van der Waals surface area contributed by atoms with Gasteiger partial charge in [-0.1, -0.05) is 64.2 Å². The van der Waals surface area contributed by atoms with Crippen LogP contribution in [0.1, 0.15) is 77.0 Å². The molecule has 2 heteroatoms. The molecule has 0 unspecified atom stereocenters. The second kappa shape index (κ2) is 10.6. The molecule has 1 aliphatic heterocycles. The summed E-state index contributed by atoms with van der Waals surface area (Å²) in [5.41, 5.74) is 0. The molecule has 0 bridgehead atoms. The third-order valence-corrected chi connectivity index (χ3v) is 3.40. The number of hydrogen-bond donors (Lipinski definition) is 0. The monoisotopic (exact) mass is 239 g/mol. The molecule has 0 amide bonds. The molecular formula is C15H27O2. The van der Waals surface area contributed by atoms with E-state index in [9.17, 15) is 4.79 Å². The summed E-state index contributed by atoms with van der Waals surface area (Å²) in [4.78, 5) is 11.3. The van der Waals surface area contributed by atoms with Crippen molar-refractivity contribution in [1.29, 1.82) is 0 Å². The summed E-state index contributed by atoms with van der Waals surface area (Å²) in [5, 5.41) is 0. The van der Waals surface area contributed by atoms with E-state index in [2.05, 4.69) is 0 Å². The Morgan fingerprint density at radius 1 is 0.706 bits per heavy atom. The van der Waals surface area contributed by atoms with Gasteiger partial charge in [0, 0.05) is 0 Å². The molecular weight excluding hydrogens is 212 g/mol. The fourth-order valence-electron chi connectivity index (χ4n) is 2.29. The molecule has 99 valence electrons. The molecule has 1 aliphatic rings. The first-order chi connectivity index (χ1) is 8.39. The van der Waals surface area contributed by atoms with E-state index in [4.69, 9.17) is 4.74 Å². The van der Waals surface area contributed by atoms with Crippen LogP contribution in [0.15, 0.2) is 0 Å². The first-order valence-corrected chi connectivity index (χ1v) is 7.39. The molecule has 1 fully saturated rings. The summed E-state index contributed by atoms with van der Waals surface area (Å²) < 4.78 is 5.15. The van der Waals surface area contributed by atoms with E-state index in [1.807, 2.05) is 0 Å². The maximum atomic E-state index is 11.3. The van der Waals surface area contributed by atoms with Crippen molar-refractivity contribution in [1.82, 2.24) is 0 Å². The predicted molar refractivity (Wildman–Crippen MR) is 70.7 cm³/mol. The van der Waals surface area contributed by atoms with Gasteiger partial charge in [-0.15, -0.1) is 0 Å². The average Bonchev–Trinajstić information content (AvgIpc) is 2.32. The minimum absolute atomic E-state index is 0.114. The van der Waals surface area contributed by atoms with Gasteiger partial charge in [-0.25, -0.2) is 0 Å². The van der Waals surface area contributed by atoms with Gasteiger partial charge in [0.25, 0.3) is 0 Å². The highest BCUT2D eigenvalue weighted by Crippen LogP contribution is 2.13. The number of esters is 1. The second-order valence-electron chi connectivity index (χ2n) is 5.05. The lowest BCUT2D eigenvalue weighted by atomic mass is 10.0. The number of carbonyl (C=O) groups excluding carboxylic acids is 1. The molecule has 17 heavy (non-hydrogen) atoms. The van der Waals surface area contributed by atoms with Gasteiger partial charge in [-0.2, -0.15) is 0 Å². The van der Waals surface area contributed by atoms with Crippen LogP contribution in [-0.2, 0) is 9.53 Å². The van der Waals surface area contributed by atoms with Gasteiger partial charge in [0.15, 0.2) is 0 Å². The van der Waals surface area contributed by atoms with Crippen LogP contribution < -0.4 is 0 Å². The van der Waals surface area contributed by atoms with Crippen molar-refractivity contribution in [2.75, 3.05) is 6.61 Å². The van der Waals surface area contributed by atoms with Crippen LogP contribution in [0, 0.1) is 6.42 Å². The fraction of sp³-hybridized carbons (Fsp3) is 0.867. The zero-order chi connectivity index (χ0) is 12.2. The van der Waals surface area contributed by atoms with Crippen molar-refractivity contribution in [2.24, 2.45) is 0 Å². The molecule has 0 aromatic rings. The molecule has 1 saturated heterocycles. The van der Waals surface area contributed by atoms with Crippen LogP contribution in [0.25, 0.3) is 0 Å². The van der Waals surface area contributed by atoms with Gasteiger partial charge < -0.3 is 4.74 Å². The number of rotatable bonds is 0. The Morgan fingerprint density at radius 2 is 1.18 bits per heavy atom. The SMILES string of the molecule is O=C1[CH]CCCCCCCCCCCCCO1. The second-order valence-corrected chi connectivity index (χ2v) is 5.05. The lowest BCUT2D eigenvalue weighted by Crippen LogP contribution is -2.06. The fourth-order valence-corrected chi connectivity index (χ4v) is 2.29. The lowest BCUT2D eigenvalue weighted by Gasteiger charge is -2.06. The third kappa shape index (κ3) is 9.20. The Labute approximate surface area is 106 Å². The molecule has 0 atom stereocenters. The Balaban J connectivity index is 2.11. The highest BCUT2D eigenvalue weighted by Gasteiger charge is 2.03. The molecule has 1 rings (SSSR count). The standard InChI is InChI=1S/C15H27O2/c16-15-13-11-9-7-5-3-1-2-4-6-8-10-12-14-17-15/h13H,1-12,14H2. The number of hydrogen-bond acceptors (Lipinski definition) is 2. The minimum atomic E-state index is -0.114. The molecule has 1 radical (unpaired) electrons. The van der Waals surface area contributed by atoms with E-state index in [0.29, 0.717) is 6.61 Å². The largest absolute Gasteiger partial charge is 0.465 e. The van der Waals surface area contributed by atoms with E-state index in [1.54, 1.807) is 6.42 Å². The molecule has 0 saturated carbocycles. The van der Waals surface area contributed by atoms with Gasteiger partial charge in [0.2, 0.25) is 0 Å². The van der Waals surface area contributed by atoms with E-state index in [-0.39, 0.29) is 5.97 Å². The quantitative estimate of drug-likeness (QED) is 0.585. The van der Waals surface area contributed by atoms with Crippen LogP contribution in [0.5, 0.6) is 0 Å². The summed E-state index contributed by atoms with van der Waals surface area (Å²) >= 11 is 0. The van der Waals surface area contributed by atoms with E-state index < -0.39 is 0 Å². The van der Waals surface area contributed by atoms with Crippen molar-refractivity contribution < 1.29 is 9.53 Å². The van der Waals surface area contributed by atoms with Crippen molar-refractivity contribution in [3.8, 4) is 0 Å². The third-order valence-electron chi connectivity index (χ3n) is 3.40.